The van der Waals surface area contributed by atoms with Crippen molar-refractivity contribution < 1.29 is 4.79 Å². The van der Waals surface area contributed by atoms with Crippen LogP contribution in [-0.2, 0) is 4.79 Å². The van der Waals surface area contributed by atoms with Gasteiger partial charge in [-0.15, -0.1) is 0 Å². The second-order valence-corrected chi connectivity index (χ2v) is 3.98. The third-order valence-corrected chi connectivity index (χ3v) is 2.75. The van der Waals surface area contributed by atoms with Crippen LogP contribution in [0, 0.1) is 0 Å². The third kappa shape index (κ3) is 4.07. The van der Waals surface area contributed by atoms with Crippen LogP contribution in [0.5, 0.6) is 0 Å². The molecule has 1 amide bonds. The lowest BCUT2D eigenvalue weighted by atomic mass is 10.1. The van der Waals surface area contributed by atoms with Gasteiger partial charge in [0.25, 0.3) is 0 Å². The van der Waals surface area contributed by atoms with E-state index in [9.17, 15) is 4.79 Å². The summed E-state index contributed by atoms with van der Waals surface area (Å²) >= 11 is 0. The van der Waals surface area contributed by atoms with E-state index in [1.807, 2.05) is 0 Å². The first kappa shape index (κ1) is 11.5. The number of primary amides is 1. The Labute approximate surface area is 85.8 Å². The van der Waals surface area contributed by atoms with Crippen molar-refractivity contribution >= 4 is 5.91 Å². The molecule has 1 atom stereocenters. The minimum Gasteiger partial charge on any atom is -0.368 e. The molecular weight excluding hydrogens is 178 g/mol. The number of rotatable bonds is 5. The van der Waals surface area contributed by atoms with Crippen LogP contribution >= 0.6 is 0 Å². The van der Waals surface area contributed by atoms with Crippen LogP contribution in [0.25, 0.3) is 0 Å². The van der Waals surface area contributed by atoms with E-state index >= 15 is 0 Å². The van der Waals surface area contributed by atoms with Crippen LogP contribution in [-0.4, -0.2) is 43.0 Å². The molecule has 0 aromatic carbocycles. The van der Waals surface area contributed by atoms with Gasteiger partial charge >= 0.3 is 0 Å². The molecule has 0 aliphatic carbocycles. The summed E-state index contributed by atoms with van der Waals surface area (Å²) in [6, 6.07) is -0.209. The number of carbonyl (C=O) groups excluding carboxylic acids is 1. The topological polar surface area (TPSA) is 58.4 Å². The smallest absolute Gasteiger partial charge is 0.234 e. The number of nitrogens with zero attached hydrogens (tertiary/aromatic N) is 1. The van der Waals surface area contributed by atoms with E-state index < -0.39 is 0 Å². The van der Waals surface area contributed by atoms with Crippen LogP contribution in [0.3, 0.4) is 0 Å². The Kier molecular flexibility index (Phi) is 4.90. The molecule has 1 aliphatic rings. The monoisotopic (exact) mass is 199 g/mol. The zero-order chi connectivity index (χ0) is 10.4. The van der Waals surface area contributed by atoms with Crippen molar-refractivity contribution in [1.29, 1.82) is 0 Å². The van der Waals surface area contributed by atoms with Gasteiger partial charge in [0.05, 0.1) is 6.04 Å². The Balaban J connectivity index is 2.05. The molecule has 0 saturated carbocycles. The van der Waals surface area contributed by atoms with Gasteiger partial charge in [-0.1, -0.05) is 6.42 Å². The van der Waals surface area contributed by atoms with Gasteiger partial charge in [-0.3, -0.25) is 4.79 Å². The van der Waals surface area contributed by atoms with Crippen molar-refractivity contribution in [3.63, 3.8) is 0 Å². The van der Waals surface area contributed by atoms with Crippen LogP contribution in [0.4, 0.5) is 0 Å². The Morgan fingerprint density at radius 1 is 1.43 bits per heavy atom. The van der Waals surface area contributed by atoms with E-state index in [0.29, 0.717) is 0 Å². The summed E-state index contributed by atoms with van der Waals surface area (Å²) in [5, 5.41) is 3.11. The number of hydrogen-bond donors (Lipinski definition) is 2. The molecule has 1 fully saturated rings. The summed E-state index contributed by atoms with van der Waals surface area (Å²) < 4.78 is 0. The molecule has 4 nitrogen and oxygen atoms in total. The maximum Gasteiger partial charge on any atom is 0.234 e. The van der Waals surface area contributed by atoms with E-state index in [2.05, 4.69) is 10.2 Å². The number of hydrogen-bond acceptors (Lipinski definition) is 3. The fourth-order valence-electron chi connectivity index (χ4n) is 1.72. The van der Waals surface area contributed by atoms with Gasteiger partial charge in [0.2, 0.25) is 5.91 Å². The van der Waals surface area contributed by atoms with E-state index in [1.165, 1.54) is 32.4 Å². The van der Waals surface area contributed by atoms with Crippen molar-refractivity contribution in [2.75, 3.05) is 26.2 Å². The molecule has 0 bridgehead atoms. The summed E-state index contributed by atoms with van der Waals surface area (Å²) in [6.07, 6.45) is 3.98. The normalized spacial score (nSPS) is 20.6. The molecule has 1 rings (SSSR count). The zero-order valence-corrected chi connectivity index (χ0v) is 8.96. The zero-order valence-electron chi connectivity index (χ0n) is 8.96. The average molecular weight is 199 g/mol. The summed E-state index contributed by atoms with van der Waals surface area (Å²) in [7, 11) is 0. The SMILES string of the molecule is C[C@@H](NCCN1CCCCC1)C(N)=O. The lowest BCUT2D eigenvalue weighted by Crippen LogP contribution is -2.43. The van der Waals surface area contributed by atoms with Gasteiger partial charge in [0.1, 0.15) is 0 Å². The Bertz CT molecular complexity index is 178. The van der Waals surface area contributed by atoms with Gasteiger partial charge in [-0.05, 0) is 32.9 Å². The summed E-state index contributed by atoms with van der Waals surface area (Å²) in [6.45, 7) is 6.08. The molecule has 1 aliphatic heterocycles. The fourth-order valence-corrected chi connectivity index (χ4v) is 1.72. The molecule has 0 unspecified atom stereocenters. The maximum absolute atomic E-state index is 10.7. The average Bonchev–Trinajstić information content (AvgIpc) is 2.19. The number of nitrogens with two attached hydrogens (primary N) is 1. The van der Waals surface area contributed by atoms with Crippen molar-refractivity contribution in [2.45, 2.75) is 32.2 Å². The van der Waals surface area contributed by atoms with E-state index in [-0.39, 0.29) is 11.9 Å². The van der Waals surface area contributed by atoms with Gasteiger partial charge in [0, 0.05) is 13.1 Å². The molecule has 0 spiro atoms. The Hall–Kier alpha value is -0.610. The largest absolute Gasteiger partial charge is 0.368 e. The highest BCUT2D eigenvalue weighted by molar-refractivity contribution is 5.79. The predicted molar refractivity (Wildman–Crippen MR) is 57.0 cm³/mol. The molecule has 4 heteroatoms. The van der Waals surface area contributed by atoms with Crippen LogP contribution in [0.2, 0.25) is 0 Å². The highest BCUT2D eigenvalue weighted by Gasteiger charge is 2.11. The second-order valence-electron chi connectivity index (χ2n) is 3.98. The lowest BCUT2D eigenvalue weighted by Gasteiger charge is -2.26. The third-order valence-electron chi connectivity index (χ3n) is 2.75. The lowest BCUT2D eigenvalue weighted by molar-refractivity contribution is -0.119. The van der Waals surface area contributed by atoms with Gasteiger partial charge < -0.3 is 16.0 Å². The predicted octanol–water partition coefficient (Wildman–Crippen LogP) is -0.0643. The quantitative estimate of drug-likeness (QED) is 0.652. The number of amides is 1. The van der Waals surface area contributed by atoms with Crippen LogP contribution in [0.1, 0.15) is 26.2 Å². The fraction of sp³-hybridized carbons (Fsp3) is 0.900. The number of piperidine rings is 1. The van der Waals surface area contributed by atoms with Gasteiger partial charge in [-0.2, -0.15) is 0 Å². The van der Waals surface area contributed by atoms with Crippen molar-refractivity contribution in [3.8, 4) is 0 Å². The number of likely N-dealkylation sites (tertiary alicyclic amines) is 1. The van der Waals surface area contributed by atoms with Crippen LogP contribution in [0.15, 0.2) is 0 Å². The van der Waals surface area contributed by atoms with Gasteiger partial charge in [-0.25, -0.2) is 0 Å². The number of nitrogens with one attached hydrogen (secondary N) is 1. The molecule has 0 radical (unpaired) electrons. The molecular formula is C10H21N3O. The molecule has 1 saturated heterocycles. The first-order chi connectivity index (χ1) is 6.70. The summed E-state index contributed by atoms with van der Waals surface area (Å²) in [4.78, 5) is 13.2. The first-order valence-electron chi connectivity index (χ1n) is 5.45. The molecule has 1 heterocycles. The summed E-state index contributed by atoms with van der Waals surface area (Å²) in [5.74, 6) is -0.274. The van der Waals surface area contributed by atoms with Crippen LogP contribution < -0.4 is 11.1 Å². The standard InChI is InChI=1S/C10H21N3O/c1-9(10(11)14)12-5-8-13-6-3-2-4-7-13/h9,12H,2-8H2,1H3,(H2,11,14)/t9-/m1/s1. The molecule has 3 N–H and O–H groups in total. The molecule has 0 aromatic heterocycles. The molecule has 0 aromatic rings. The highest BCUT2D eigenvalue weighted by atomic mass is 16.1. The molecule has 82 valence electrons. The van der Waals surface area contributed by atoms with E-state index in [1.54, 1.807) is 6.92 Å². The summed E-state index contributed by atoms with van der Waals surface area (Å²) in [5.41, 5.74) is 5.14. The highest BCUT2D eigenvalue weighted by Crippen LogP contribution is 2.07. The minimum absolute atomic E-state index is 0.209. The molecule has 14 heavy (non-hydrogen) atoms. The Morgan fingerprint density at radius 2 is 2.07 bits per heavy atom. The van der Waals surface area contributed by atoms with E-state index in [0.717, 1.165) is 13.1 Å². The van der Waals surface area contributed by atoms with Crippen molar-refractivity contribution in [1.82, 2.24) is 10.2 Å². The number of carbonyl (C=O) groups is 1. The van der Waals surface area contributed by atoms with E-state index in [4.69, 9.17) is 5.73 Å². The first-order valence-corrected chi connectivity index (χ1v) is 5.45. The minimum atomic E-state index is -0.274. The Morgan fingerprint density at radius 3 is 2.64 bits per heavy atom. The van der Waals surface area contributed by atoms with Crippen molar-refractivity contribution in [2.24, 2.45) is 5.73 Å². The van der Waals surface area contributed by atoms with Crippen molar-refractivity contribution in [3.05, 3.63) is 0 Å². The second kappa shape index (κ2) is 5.98. The maximum atomic E-state index is 10.7. The van der Waals surface area contributed by atoms with Gasteiger partial charge in [0.15, 0.2) is 0 Å².